The minimum atomic E-state index is 0. The van der Waals surface area contributed by atoms with Crippen LogP contribution in [-0.2, 0) is 11.2 Å². The number of hydrogen-bond acceptors (Lipinski definition) is 3. The fraction of sp³-hybridized carbons (Fsp3) is 0.556. The molecule has 0 spiro atoms. The summed E-state index contributed by atoms with van der Waals surface area (Å²) < 4.78 is 10.6. The monoisotopic (exact) mass is 310 g/mol. The Morgan fingerprint density at radius 3 is 2.70 bits per heavy atom. The third-order valence-electron chi connectivity index (χ3n) is 4.01. The molecule has 0 saturated heterocycles. The molecule has 0 saturated carbocycles. The first-order chi connectivity index (χ1) is 10.4. The molecule has 1 atom stereocenters. The van der Waals surface area contributed by atoms with E-state index >= 15 is 0 Å². The molecule has 0 unspecified atom stereocenters. The fourth-order valence-corrected chi connectivity index (χ4v) is 2.48. The molecule has 0 N–H and O–H groups in total. The summed E-state index contributed by atoms with van der Waals surface area (Å²) in [6, 6.07) is 6.37. The quantitative estimate of drug-likeness (QED) is 0.336. The third-order valence-corrected chi connectivity index (χ3v) is 4.01. The summed E-state index contributed by atoms with van der Waals surface area (Å²) >= 11 is 0. The van der Waals surface area contributed by atoms with Gasteiger partial charge in [0, 0.05) is 13.7 Å². The van der Waals surface area contributed by atoms with Crippen LogP contribution in [0.4, 0.5) is 0 Å². The predicted octanol–water partition coefficient (Wildman–Crippen LogP) is 0.157. The van der Waals surface area contributed by atoms with E-state index in [0.29, 0.717) is 6.61 Å². The second kappa shape index (κ2) is 8.68. The van der Waals surface area contributed by atoms with Crippen molar-refractivity contribution in [3.8, 4) is 5.75 Å². The molecule has 0 radical (unpaired) electrons. The van der Waals surface area contributed by atoms with Crippen LogP contribution < -0.4 is 23.6 Å². The van der Waals surface area contributed by atoms with Crippen LogP contribution in [-0.4, -0.2) is 44.7 Å². The third kappa shape index (κ3) is 5.49. The second-order valence-electron chi connectivity index (χ2n) is 6.78. The van der Waals surface area contributed by atoms with E-state index in [0.717, 1.165) is 18.7 Å². The Kier molecular flexibility index (Phi) is 7.53. The maximum Gasteiger partial charge on any atom is 1.00 e. The number of fused-ring (bicyclic) bond motifs is 1. The zero-order chi connectivity index (χ0) is 16.2. The van der Waals surface area contributed by atoms with Gasteiger partial charge in [-0.1, -0.05) is 45.9 Å². The SMILES string of the molecule is COC[C@@H](N=CN1[CH-]c2ccc(OC)cc2CC1)C(C)(C)C.[Li+]. The molecule has 122 valence electrons. The number of aliphatic imine (C=N–C) groups is 1. The first-order valence-electron chi connectivity index (χ1n) is 7.74. The van der Waals surface area contributed by atoms with Crippen molar-refractivity contribution in [2.45, 2.75) is 33.2 Å². The maximum absolute atomic E-state index is 5.30. The zero-order valence-electron chi connectivity index (χ0n) is 15.3. The van der Waals surface area contributed by atoms with Gasteiger partial charge in [-0.2, -0.15) is 11.6 Å². The molecule has 0 aromatic heterocycles. The van der Waals surface area contributed by atoms with Crippen molar-refractivity contribution in [3.63, 3.8) is 0 Å². The summed E-state index contributed by atoms with van der Waals surface area (Å²) in [6.07, 6.45) is 2.95. The van der Waals surface area contributed by atoms with Gasteiger partial charge >= 0.3 is 18.9 Å². The van der Waals surface area contributed by atoms with Gasteiger partial charge in [-0.15, -0.1) is 5.56 Å². The summed E-state index contributed by atoms with van der Waals surface area (Å²) in [6.45, 7) is 10.3. The predicted molar refractivity (Wildman–Crippen MR) is 90.4 cm³/mol. The Labute approximate surface area is 152 Å². The summed E-state index contributed by atoms with van der Waals surface area (Å²) in [5, 5.41) is 0. The Bertz CT molecular complexity index is 526. The van der Waals surface area contributed by atoms with Crippen molar-refractivity contribution in [1.82, 2.24) is 4.90 Å². The van der Waals surface area contributed by atoms with E-state index < -0.39 is 0 Å². The Hall–Kier alpha value is -1.08. The van der Waals surface area contributed by atoms with Crippen LogP contribution in [0.1, 0.15) is 31.9 Å². The molecule has 0 aliphatic carbocycles. The number of methoxy groups -OCH3 is 2. The van der Waals surface area contributed by atoms with Crippen LogP contribution in [0.2, 0.25) is 0 Å². The molecule has 1 aliphatic heterocycles. The van der Waals surface area contributed by atoms with E-state index in [1.807, 2.05) is 12.4 Å². The summed E-state index contributed by atoms with van der Waals surface area (Å²) in [5.41, 5.74) is 2.65. The van der Waals surface area contributed by atoms with Gasteiger partial charge in [0.15, 0.2) is 0 Å². The molecule has 1 aliphatic rings. The molecule has 2 rings (SSSR count). The molecule has 5 heteroatoms. The summed E-state index contributed by atoms with van der Waals surface area (Å²) in [5.74, 6) is 0.919. The Balaban J connectivity index is 0.00000264. The fourth-order valence-electron chi connectivity index (χ4n) is 2.48. The van der Waals surface area contributed by atoms with E-state index in [9.17, 15) is 0 Å². The molecule has 4 nitrogen and oxygen atoms in total. The van der Waals surface area contributed by atoms with E-state index in [2.05, 4.69) is 44.3 Å². The first-order valence-corrected chi connectivity index (χ1v) is 7.74. The topological polar surface area (TPSA) is 34.1 Å². The average Bonchev–Trinajstić information content (AvgIpc) is 2.49. The van der Waals surface area contributed by atoms with Crippen LogP contribution in [0.25, 0.3) is 0 Å². The zero-order valence-corrected chi connectivity index (χ0v) is 15.3. The summed E-state index contributed by atoms with van der Waals surface area (Å²) in [4.78, 5) is 6.89. The second-order valence-corrected chi connectivity index (χ2v) is 6.78. The molecular weight excluding hydrogens is 283 g/mol. The Morgan fingerprint density at radius 1 is 1.35 bits per heavy atom. The molecular formula is C18H27LiN2O2. The van der Waals surface area contributed by atoms with Crippen LogP contribution in [0.15, 0.2) is 23.2 Å². The standard InChI is InChI=1S/C18H27N2O2.Li/c1-18(2,3)17(12-21-4)19-13-20-9-8-14-10-16(22-5)7-6-15(14)11-20;/h6-7,10-11,13,17H,8-9,12H2,1-5H3;/q-1;+1/t17-;/m1./s1. The van der Waals surface area contributed by atoms with Gasteiger partial charge in [-0.25, -0.2) is 0 Å². The molecule has 0 fully saturated rings. The molecule has 1 aromatic carbocycles. The molecule has 1 heterocycles. The first kappa shape index (κ1) is 20.0. The van der Waals surface area contributed by atoms with E-state index in [4.69, 9.17) is 14.5 Å². The number of benzene rings is 1. The number of ether oxygens (including phenoxy) is 2. The number of rotatable bonds is 5. The molecule has 1 aromatic rings. The van der Waals surface area contributed by atoms with Crippen molar-refractivity contribution in [2.24, 2.45) is 10.4 Å². The van der Waals surface area contributed by atoms with Crippen molar-refractivity contribution >= 4 is 6.34 Å². The summed E-state index contributed by atoms with van der Waals surface area (Å²) in [7, 11) is 3.43. The smallest absolute Gasteiger partial charge is 0.499 e. The number of nitrogens with zero attached hydrogens (tertiary/aromatic N) is 2. The Morgan fingerprint density at radius 2 is 2.09 bits per heavy atom. The van der Waals surface area contributed by atoms with Crippen LogP contribution in [0.3, 0.4) is 0 Å². The number of hydrogen-bond donors (Lipinski definition) is 0. The molecule has 0 amide bonds. The van der Waals surface area contributed by atoms with Gasteiger partial charge in [0.25, 0.3) is 0 Å². The molecule has 0 bridgehead atoms. The van der Waals surface area contributed by atoms with E-state index in [1.165, 1.54) is 11.1 Å². The van der Waals surface area contributed by atoms with Crippen molar-refractivity contribution in [1.29, 1.82) is 0 Å². The largest absolute Gasteiger partial charge is 1.00 e. The van der Waals surface area contributed by atoms with Gasteiger partial charge in [0.05, 0.1) is 31.8 Å². The minimum absolute atomic E-state index is 0. The minimum Gasteiger partial charge on any atom is -0.499 e. The van der Waals surface area contributed by atoms with Gasteiger partial charge in [-0.05, 0) is 5.41 Å². The van der Waals surface area contributed by atoms with Crippen molar-refractivity contribution in [2.75, 3.05) is 27.4 Å². The normalized spacial score (nSPS) is 15.6. The van der Waals surface area contributed by atoms with E-state index in [1.54, 1.807) is 14.2 Å². The van der Waals surface area contributed by atoms with Crippen LogP contribution >= 0.6 is 0 Å². The van der Waals surface area contributed by atoms with Crippen molar-refractivity contribution in [3.05, 3.63) is 35.9 Å². The van der Waals surface area contributed by atoms with Gasteiger partial charge in [-0.3, -0.25) is 4.99 Å². The molecule has 23 heavy (non-hydrogen) atoms. The van der Waals surface area contributed by atoms with Crippen LogP contribution in [0, 0.1) is 12.0 Å². The van der Waals surface area contributed by atoms with Gasteiger partial charge in [0.1, 0.15) is 0 Å². The average molecular weight is 310 g/mol. The maximum atomic E-state index is 5.30. The van der Waals surface area contributed by atoms with Crippen molar-refractivity contribution < 1.29 is 28.3 Å². The van der Waals surface area contributed by atoms with Crippen LogP contribution in [0.5, 0.6) is 5.75 Å². The van der Waals surface area contributed by atoms with Gasteiger partial charge in [0.2, 0.25) is 0 Å². The van der Waals surface area contributed by atoms with E-state index in [-0.39, 0.29) is 30.3 Å². The van der Waals surface area contributed by atoms with Gasteiger partial charge < -0.3 is 14.4 Å².